The lowest BCUT2D eigenvalue weighted by atomic mass is 10.0. The second-order valence-electron chi connectivity index (χ2n) is 7.78. The maximum atomic E-state index is 10.5. The topological polar surface area (TPSA) is 72.8 Å². The van der Waals surface area contributed by atoms with E-state index in [9.17, 15) is 8.42 Å². The summed E-state index contributed by atoms with van der Waals surface area (Å²) in [5, 5.41) is 1.36. The second-order valence-corrected chi connectivity index (χ2v) is 10.6. The summed E-state index contributed by atoms with van der Waals surface area (Å²) in [7, 11) is 0.0364. The molecule has 182 valence electrons. The van der Waals surface area contributed by atoms with E-state index in [-0.39, 0.29) is 4.90 Å². The Hall–Kier alpha value is -3.18. The van der Waals surface area contributed by atoms with Crippen LogP contribution in [0.25, 0.3) is 0 Å². The smallest absolute Gasteiger partial charge is 0.294 e. The van der Waals surface area contributed by atoms with Gasteiger partial charge in [0.2, 0.25) is 0 Å². The summed E-state index contributed by atoms with van der Waals surface area (Å²) in [6.07, 6.45) is 0. The first kappa shape index (κ1) is 26.4. The molecule has 0 heterocycles. The third-order valence-electron chi connectivity index (χ3n) is 5.30. The van der Waals surface area contributed by atoms with Crippen molar-refractivity contribution in [3.63, 3.8) is 0 Å². The van der Waals surface area contributed by atoms with Crippen LogP contribution in [0.3, 0.4) is 0 Å². The second kappa shape index (κ2) is 12.5. The Morgan fingerprint density at radius 1 is 0.686 bits per heavy atom. The Balaban J connectivity index is 0.000000261. The van der Waals surface area contributed by atoms with Crippen molar-refractivity contribution >= 4 is 24.0 Å². The van der Waals surface area contributed by atoms with Gasteiger partial charge in [-0.2, -0.15) is 8.42 Å². The normalized spacial score (nSPS) is 11.2. The quantitative estimate of drug-likeness (QED) is 0.243. The molecule has 35 heavy (non-hydrogen) atoms. The van der Waals surface area contributed by atoms with Crippen molar-refractivity contribution in [1.29, 1.82) is 0 Å². The van der Waals surface area contributed by atoms with Gasteiger partial charge in [0.25, 0.3) is 10.1 Å². The van der Waals surface area contributed by atoms with Crippen molar-refractivity contribution in [2.75, 3.05) is 14.2 Å². The van der Waals surface area contributed by atoms with Crippen LogP contribution in [-0.2, 0) is 10.1 Å². The molecule has 1 unspecified atom stereocenters. The third-order valence-corrected chi connectivity index (χ3v) is 7.79. The molecule has 0 aromatic heterocycles. The fourth-order valence-electron chi connectivity index (χ4n) is 3.36. The van der Waals surface area contributed by atoms with Crippen LogP contribution >= 0.6 is 8.58 Å². The van der Waals surface area contributed by atoms with Crippen LogP contribution in [-0.4, -0.2) is 27.2 Å². The highest BCUT2D eigenvalue weighted by Gasteiger charge is 2.15. The van der Waals surface area contributed by atoms with Crippen molar-refractivity contribution in [1.82, 2.24) is 0 Å². The number of aryl methyl sites for hydroxylation is 1. The van der Waals surface area contributed by atoms with Crippen molar-refractivity contribution in [2.24, 2.45) is 0 Å². The number of benzene rings is 4. The minimum atomic E-state index is -4.02. The Kier molecular flexibility index (Phi) is 9.44. The van der Waals surface area contributed by atoms with Gasteiger partial charge in [0.1, 0.15) is 11.5 Å². The average Bonchev–Trinajstić information content (AvgIpc) is 2.88. The lowest BCUT2D eigenvalue weighted by Crippen LogP contribution is -2.02. The molecule has 7 heteroatoms. The number of methoxy groups -OCH3 is 2. The maximum Gasteiger partial charge on any atom is 0.294 e. The predicted molar refractivity (Wildman–Crippen MR) is 143 cm³/mol. The molecular weight excluding hydrogens is 479 g/mol. The molecular formula is C28H29O5PS. The summed E-state index contributed by atoms with van der Waals surface area (Å²) in [4.78, 5) is -0.0666. The highest BCUT2D eigenvalue weighted by molar-refractivity contribution is 7.85. The Morgan fingerprint density at radius 3 is 1.54 bits per heavy atom. The Bertz CT molecular complexity index is 1240. The van der Waals surface area contributed by atoms with Gasteiger partial charge >= 0.3 is 0 Å². The molecule has 0 radical (unpaired) electrons. The fraction of sp³-hybridized carbons (Fsp3) is 0.143. The number of rotatable bonds is 7. The van der Waals surface area contributed by atoms with Crippen LogP contribution in [0.15, 0.2) is 108 Å². The van der Waals surface area contributed by atoms with Gasteiger partial charge in [-0.15, -0.1) is 0 Å². The van der Waals surface area contributed by atoms with Gasteiger partial charge < -0.3 is 9.47 Å². The van der Waals surface area contributed by atoms with Crippen molar-refractivity contribution < 1.29 is 22.4 Å². The molecule has 0 fully saturated rings. The zero-order valence-corrected chi connectivity index (χ0v) is 21.7. The van der Waals surface area contributed by atoms with E-state index in [0.29, 0.717) is 14.2 Å². The van der Waals surface area contributed by atoms with Crippen molar-refractivity contribution in [3.8, 4) is 11.5 Å². The minimum absolute atomic E-state index is 0.0666. The SMILES string of the molecule is COc1ccc(C(Pc2ccccc2)c2ccc(OC)cc2)cc1.Cc1ccc(S(=O)(=O)O)cc1. The van der Waals surface area contributed by atoms with Crippen LogP contribution in [0.2, 0.25) is 0 Å². The molecule has 0 amide bonds. The summed E-state index contributed by atoms with van der Waals surface area (Å²) in [5.41, 5.74) is 3.87. The molecule has 0 aliphatic heterocycles. The van der Waals surface area contributed by atoms with E-state index in [4.69, 9.17) is 14.0 Å². The predicted octanol–water partition coefficient (Wildman–Crippen LogP) is 6.04. The van der Waals surface area contributed by atoms with E-state index in [1.165, 1.54) is 28.6 Å². The van der Waals surface area contributed by atoms with E-state index in [1.807, 2.05) is 31.2 Å². The van der Waals surface area contributed by atoms with Crippen LogP contribution in [0.1, 0.15) is 22.3 Å². The minimum Gasteiger partial charge on any atom is -0.497 e. The molecule has 4 aromatic rings. The van der Waals surface area contributed by atoms with E-state index < -0.39 is 10.1 Å². The Morgan fingerprint density at radius 2 is 1.14 bits per heavy atom. The van der Waals surface area contributed by atoms with E-state index >= 15 is 0 Å². The fourth-order valence-corrected chi connectivity index (χ4v) is 5.28. The highest BCUT2D eigenvalue weighted by atomic mass is 32.2. The standard InChI is InChI=1S/C21H21O2P.C7H8O3S/c1-22-18-12-8-16(9-13-18)21(24-20-6-4-3-5-7-20)17-10-14-19(23-2)15-11-17;1-6-2-4-7(5-3-6)11(8,9)10/h3-15,21,24H,1-2H3;2-5H,1H3,(H,8,9,10). The Labute approximate surface area is 209 Å². The van der Waals surface area contributed by atoms with Crippen LogP contribution in [0.5, 0.6) is 11.5 Å². The molecule has 1 N–H and O–H groups in total. The summed E-state index contributed by atoms with van der Waals surface area (Å²) in [6, 6.07) is 33.4. The molecule has 0 aliphatic rings. The lowest BCUT2D eigenvalue weighted by Gasteiger charge is -2.19. The number of ether oxygens (including phenoxy) is 2. The maximum absolute atomic E-state index is 10.5. The molecule has 4 aromatic carbocycles. The molecule has 0 spiro atoms. The molecule has 4 rings (SSSR count). The van der Waals surface area contributed by atoms with Crippen LogP contribution < -0.4 is 14.8 Å². The zero-order valence-electron chi connectivity index (χ0n) is 19.9. The zero-order chi connectivity index (χ0) is 25.3. The summed E-state index contributed by atoms with van der Waals surface area (Å²) in [5.74, 6) is 1.77. The van der Waals surface area contributed by atoms with Crippen molar-refractivity contribution in [3.05, 3.63) is 120 Å². The first-order valence-electron chi connectivity index (χ1n) is 10.9. The van der Waals surface area contributed by atoms with Crippen LogP contribution in [0, 0.1) is 6.92 Å². The van der Waals surface area contributed by atoms with Gasteiger partial charge in [0, 0.05) is 5.66 Å². The summed E-state index contributed by atoms with van der Waals surface area (Å²) in [6.45, 7) is 1.84. The monoisotopic (exact) mass is 508 g/mol. The van der Waals surface area contributed by atoms with Gasteiger partial charge in [-0.1, -0.05) is 80.9 Å². The molecule has 1 atom stereocenters. The summed E-state index contributed by atoms with van der Waals surface area (Å²) < 4.78 is 40.1. The van der Waals surface area contributed by atoms with Crippen LogP contribution in [0.4, 0.5) is 0 Å². The molecule has 0 bridgehead atoms. The highest BCUT2D eigenvalue weighted by Crippen LogP contribution is 2.40. The first-order valence-corrected chi connectivity index (χ1v) is 13.5. The van der Waals surface area contributed by atoms with E-state index in [1.54, 1.807) is 26.4 Å². The lowest BCUT2D eigenvalue weighted by molar-refractivity contribution is 0.414. The summed E-state index contributed by atoms with van der Waals surface area (Å²) >= 11 is 0. The number of hydrogen-bond donors (Lipinski definition) is 1. The van der Waals surface area contributed by atoms with Gasteiger partial charge in [0.05, 0.1) is 19.1 Å². The van der Waals surface area contributed by atoms with E-state index in [2.05, 4.69) is 54.6 Å². The molecule has 0 saturated heterocycles. The van der Waals surface area contributed by atoms with Gasteiger partial charge in [-0.3, -0.25) is 4.55 Å². The number of hydrogen-bond acceptors (Lipinski definition) is 4. The van der Waals surface area contributed by atoms with Gasteiger partial charge in [0.15, 0.2) is 0 Å². The van der Waals surface area contributed by atoms with E-state index in [0.717, 1.165) is 17.1 Å². The van der Waals surface area contributed by atoms with Gasteiger partial charge in [-0.05, 0) is 59.8 Å². The van der Waals surface area contributed by atoms with Gasteiger partial charge in [-0.25, -0.2) is 0 Å². The molecule has 5 nitrogen and oxygen atoms in total. The van der Waals surface area contributed by atoms with Crippen molar-refractivity contribution in [2.45, 2.75) is 17.5 Å². The third kappa shape index (κ3) is 7.93. The average molecular weight is 509 g/mol. The molecule has 0 saturated carbocycles. The largest absolute Gasteiger partial charge is 0.497 e. The first-order chi connectivity index (χ1) is 16.8. The molecule has 0 aliphatic carbocycles.